The van der Waals surface area contributed by atoms with Gasteiger partial charge in [0.15, 0.2) is 0 Å². The summed E-state index contributed by atoms with van der Waals surface area (Å²) in [4.78, 5) is 19.1. The summed E-state index contributed by atoms with van der Waals surface area (Å²) in [5.41, 5.74) is 0.328. The van der Waals surface area contributed by atoms with Crippen molar-refractivity contribution >= 4 is 11.8 Å². The molecule has 1 aromatic rings. The molecule has 0 aliphatic rings. The quantitative estimate of drug-likeness (QED) is 0.466. The van der Waals surface area contributed by atoms with Crippen LogP contribution >= 0.6 is 0 Å². The summed E-state index contributed by atoms with van der Waals surface area (Å²) < 4.78 is 4.62. The molecule has 0 fully saturated rings. The maximum Gasteiger partial charge on any atom is 0.343 e. The van der Waals surface area contributed by atoms with Crippen LogP contribution in [0, 0.1) is 11.8 Å². The first-order valence-electron chi connectivity index (χ1n) is 4.81. The van der Waals surface area contributed by atoms with E-state index in [1.807, 2.05) is 0 Å². The van der Waals surface area contributed by atoms with Crippen molar-refractivity contribution in [1.29, 1.82) is 0 Å². The summed E-state index contributed by atoms with van der Waals surface area (Å²) in [6.07, 6.45) is 3.49. The first-order chi connectivity index (χ1) is 7.79. The van der Waals surface area contributed by atoms with Crippen molar-refractivity contribution in [1.82, 2.24) is 9.97 Å². The third kappa shape index (κ3) is 3.24. The predicted octanol–water partition coefficient (Wildman–Crippen LogP) is 1.09. The second-order valence-electron chi connectivity index (χ2n) is 2.88. The zero-order chi connectivity index (χ0) is 11.8. The van der Waals surface area contributed by atoms with Crippen LogP contribution < -0.4 is 5.32 Å². The lowest BCUT2D eigenvalue weighted by Gasteiger charge is -2.06. The first kappa shape index (κ1) is 12.0. The average Bonchev–Trinajstić information content (AvgIpc) is 2.34. The third-order valence-electron chi connectivity index (χ3n) is 1.84. The molecule has 0 unspecified atom stereocenters. The monoisotopic (exact) mass is 219 g/mol. The summed E-state index contributed by atoms with van der Waals surface area (Å²) in [5.74, 6) is 5.72. The minimum Gasteiger partial charge on any atom is -0.465 e. The number of nitrogens with one attached hydrogen (secondary N) is 1. The van der Waals surface area contributed by atoms with Crippen LogP contribution in [0.1, 0.15) is 23.7 Å². The number of hydrogen-bond acceptors (Lipinski definition) is 5. The van der Waals surface area contributed by atoms with Crippen molar-refractivity contribution in [3.05, 3.63) is 18.1 Å². The molecule has 0 aromatic carbocycles. The van der Waals surface area contributed by atoms with Gasteiger partial charge in [-0.25, -0.2) is 14.8 Å². The molecule has 0 aliphatic carbocycles. The molecule has 1 heterocycles. The molecule has 84 valence electrons. The summed E-state index contributed by atoms with van der Waals surface area (Å²) in [5, 5.41) is 3.01. The zero-order valence-corrected chi connectivity index (χ0v) is 9.28. The molecule has 1 rings (SSSR count). The maximum atomic E-state index is 11.4. The number of nitrogens with zero attached hydrogens (tertiary/aromatic N) is 2. The highest BCUT2D eigenvalue weighted by atomic mass is 16.5. The average molecular weight is 219 g/mol. The standard InChI is InChI=1S/C11H13N3O2/c1-3-4-5-6-13-10-9(11(15)16-2)7-12-8-14-10/h7-8H,5-6H2,1-2H3,(H,12,13,14). The number of rotatable bonds is 4. The number of esters is 1. The Kier molecular flexibility index (Phi) is 4.80. The highest BCUT2D eigenvalue weighted by Gasteiger charge is 2.12. The van der Waals surface area contributed by atoms with Gasteiger partial charge in [-0.15, -0.1) is 11.8 Å². The molecule has 0 radical (unpaired) electrons. The molecule has 0 spiro atoms. The smallest absolute Gasteiger partial charge is 0.343 e. The van der Waals surface area contributed by atoms with Gasteiger partial charge in [0.2, 0.25) is 0 Å². The van der Waals surface area contributed by atoms with Crippen LogP contribution in [-0.4, -0.2) is 29.6 Å². The van der Waals surface area contributed by atoms with Crippen molar-refractivity contribution in [2.75, 3.05) is 19.0 Å². The van der Waals surface area contributed by atoms with Gasteiger partial charge in [0.25, 0.3) is 0 Å². The Balaban J connectivity index is 2.70. The lowest BCUT2D eigenvalue weighted by Crippen LogP contribution is -2.11. The van der Waals surface area contributed by atoms with E-state index in [4.69, 9.17) is 0 Å². The van der Waals surface area contributed by atoms with Gasteiger partial charge in [0.05, 0.1) is 7.11 Å². The van der Waals surface area contributed by atoms with Gasteiger partial charge in [-0.2, -0.15) is 0 Å². The topological polar surface area (TPSA) is 64.1 Å². The van der Waals surface area contributed by atoms with Gasteiger partial charge in [0.1, 0.15) is 17.7 Å². The molecule has 0 amide bonds. The van der Waals surface area contributed by atoms with E-state index in [0.29, 0.717) is 24.3 Å². The van der Waals surface area contributed by atoms with E-state index in [2.05, 4.69) is 31.9 Å². The van der Waals surface area contributed by atoms with E-state index in [9.17, 15) is 4.79 Å². The highest BCUT2D eigenvalue weighted by Crippen LogP contribution is 2.10. The van der Waals surface area contributed by atoms with Crippen molar-refractivity contribution in [2.24, 2.45) is 0 Å². The number of carbonyl (C=O) groups is 1. The zero-order valence-electron chi connectivity index (χ0n) is 9.28. The molecule has 0 bridgehead atoms. The van der Waals surface area contributed by atoms with Crippen LogP contribution in [0.4, 0.5) is 5.82 Å². The van der Waals surface area contributed by atoms with E-state index in [0.717, 1.165) is 0 Å². The Morgan fingerprint density at radius 2 is 2.44 bits per heavy atom. The van der Waals surface area contributed by atoms with Crippen LogP contribution in [-0.2, 0) is 4.74 Å². The fourth-order valence-electron chi connectivity index (χ4n) is 1.10. The van der Waals surface area contributed by atoms with Crippen LogP contribution in [0.25, 0.3) is 0 Å². The van der Waals surface area contributed by atoms with E-state index in [1.54, 1.807) is 6.92 Å². The number of ether oxygens (including phenoxy) is 1. The lowest BCUT2D eigenvalue weighted by molar-refractivity contribution is 0.0601. The predicted molar refractivity (Wildman–Crippen MR) is 59.9 cm³/mol. The fourth-order valence-corrected chi connectivity index (χ4v) is 1.10. The van der Waals surface area contributed by atoms with Gasteiger partial charge in [-0.1, -0.05) is 0 Å². The third-order valence-corrected chi connectivity index (χ3v) is 1.84. The van der Waals surface area contributed by atoms with E-state index >= 15 is 0 Å². The summed E-state index contributed by atoms with van der Waals surface area (Å²) >= 11 is 0. The van der Waals surface area contributed by atoms with Gasteiger partial charge >= 0.3 is 5.97 Å². The van der Waals surface area contributed by atoms with Crippen LogP contribution in [0.3, 0.4) is 0 Å². The van der Waals surface area contributed by atoms with Gasteiger partial charge in [-0.05, 0) is 6.92 Å². The van der Waals surface area contributed by atoms with Crippen molar-refractivity contribution in [3.8, 4) is 11.8 Å². The largest absolute Gasteiger partial charge is 0.465 e. The number of methoxy groups -OCH3 is 1. The van der Waals surface area contributed by atoms with Gasteiger partial charge in [-0.3, -0.25) is 0 Å². The molecule has 5 nitrogen and oxygen atoms in total. The van der Waals surface area contributed by atoms with E-state index in [1.165, 1.54) is 19.6 Å². The van der Waals surface area contributed by atoms with E-state index < -0.39 is 5.97 Å². The van der Waals surface area contributed by atoms with Crippen molar-refractivity contribution in [3.63, 3.8) is 0 Å². The second-order valence-corrected chi connectivity index (χ2v) is 2.88. The molecule has 0 saturated carbocycles. The molecule has 1 N–H and O–H groups in total. The normalized spacial score (nSPS) is 8.88. The number of aromatic nitrogens is 2. The molecule has 0 atom stereocenters. The lowest BCUT2D eigenvalue weighted by atomic mass is 10.3. The Morgan fingerprint density at radius 1 is 1.62 bits per heavy atom. The van der Waals surface area contributed by atoms with Crippen LogP contribution in [0.15, 0.2) is 12.5 Å². The van der Waals surface area contributed by atoms with Crippen molar-refractivity contribution < 1.29 is 9.53 Å². The van der Waals surface area contributed by atoms with Crippen molar-refractivity contribution in [2.45, 2.75) is 13.3 Å². The molecular weight excluding hydrogens is 206 g/mol. The molecule has 1 aromatic heterocycles. The van der Waals surface area contributed by atoms with Gasteiger partial charge in [0, 0.05) is 19.2 Å². The Hall–Kier alpha value is -2.09. The maximum absolute atomic E-state index is 11.4. The summed E-state index contributed by atoms with van der Waals surface area (Å²) in [6.45, 7) is 2.41. The van der Waals surface area contributed by atoms with E-state index in [-0.39, 0.29) is 0 Å². The number of anilines is 1. The van der Waals surface area contributed by atoms with Crippen LogP contribution in [0.2, 0.25) is 0 Å². The Bertz CT molecular complexity index is 421. The Labute approximate surface area is 94.2 Å². The first-order valence-corrected chi connectivity index (χ1v) is 4.81. The molecule has 0 aliphatic heterocycles. The minimum absolute atomic E-state index is 0.328. The number of carbonyl (C=O) groups excluding carboxylic acids is 1. The number of hydrogen-bond donors (Lipinski definition) is 1. The molecule has 5 heteroatoms. The minimum atomic E-state index is -0.454. The van der Waals surface area contributed by atoms with Gasteiger partial charge < -0.3 is 10.1 Å². The SMILES string of the molecule is CC#CCCNc1ncncc1C(=O)OC. The summed E-state index contributed by atoms with van der Waals surface area (Å²) in [7, 11) is 1.32. The fraction of sp³-hybridized carbons (Fsp3) is 0.364. The highest BCUT2D eigenvalue weighted by molar-refractivity contribution is 5.94. The van der Waals surface area contributed by atoms with Crippen LogP contribution in [0.5, 0.6) is 0 Å². The Morgan fingerprint density at radius 3 is 3.12 bits per heavy atom. The summed E-state index contributed by atoms with van der Waals surface area (Å²) in [6, 6.07) is 0. The molecule has 0 saturated heterocycles. The second kappa shape index (κ2) is 6.40. The molecule has 16 heavy (non-hydrogen) atoms. The molecular formula is C11H13N3O2.